The Bertz CT molecular complexity index is 672. The van der Waals surface area contributed by atoms with Crippen LogP contribution in [0.1, 0.15) is 15.9 Å². The molecule has 20 heavy (non-hydrogen) atoms. The van der Waals surface area contributed by atoms with E-state index in [-0.39, 0.29) is 5.75 Å². The molecule has 0 atom stereocenters. The molecule has 0 saturated heterocycles. The monoisotopic (exact) mass is 308 g/mol. The van der Waals surface area contributed by atoms with Crippen LogP contribution < -0.4 is 5.43 Å². The van der Waals surface area contributed by atoms with E-state index >= 15 is 0 Å². The van der Waals surface area contributed by atoms with Crippen molar-refractivity contribution in [1.82, 2.24) is 5.43 Å². The summed E-state index contributed by atoms with van der Waals surface area (Å²) in [5, 5.41) is 13.8. The molecular weight excluding hydrogens is 299 g/mol. The molecule has 0 unspecified atom stereocenters. The lowest BCUT2D eigenvalue weighted by atomic mass is 10.2. The van der Waals surface area contributed by atoms with E-state index in [1.807, 2.05) is 0 Å². The molecule has 4 nitrogen and oxygen atoms in total. The Balaban J connectivity index is 2.03. The van der Waals surface area contributed by atoms with Crippen LogP contribution in [0.15, 0.2) is 47.6 Å². The fraction of sp³-hybridized carbons (Fsp3) is 0. The van der Waals surface area contributed by atoms with Gasteiger partial charge in [-0.15, -0.1) is 0 Å². The SMILES string of the molecule is O=C(NN=Cc1cccc(O)c1)c1ccc(Cl)c(Cl)c1. The van der Waals surface area contributed by atoms with Gasteiger partial charge in [-0.05, 0) is 35.9 Å². The number of aromatic hydroxyl groups is 1. The summed E-state index contributed by atoms with van der Waals surface area (Å²) in [5.41, 5.74) is 3.38. The number of carbonyl (C=O) groups is 1. The van der Waals surface area contributed by atoms with Crippen molar-refractivity contribution >= 4 is 35.3 Å². The second kappa shape index (κ2) is 6.41. The van der Waals surface area contributed by atoms with Gasteiger partial charge in [-0.1, -0.05) is 35.3 Å². The number of carbonyl (C=O) groups excluding carboxylic acids is 1. The first kappa shape index (κ1) is 14.4. The minimum absolute atomic E-state index is 0.129. The van der Waals surface area contributed by atoms with Gasteiger partial charge in [0.2, 0.25) is 0 Å². The van der Waals surface area contributed by atoms with Crippen molar-refractivity contribution in [3.05, 3.63) is 63.6 Å². The van der Waals surface area contributed by atoms with Gasteiger partial charge in [0.05, 0.1) is 16.3 Å². The molecule has 0 aliphatic heterocycles. The van der Waals surface area contributed by atoms with E-state index in [9.17, 15) is 9.90 Å². The highest BCUT2D eigenvalue weighted by Gasteiger charge is 2.06. The lowest BCUT2D eigenvalue weighted by Gasteiger charge is -2.01. The number of amides is 1. The first-order valence-electron chi connectivity index (χ1n) is 5.64. The van der Waals surface area contributed by atoms with E-state index in [1.54, 1.807) is 24.3 Å². The van der Waals surface area contributed by atoms with Crippen molar-refractivity contribution in [3.8, 4) is 5.75 Å². The molecule has 0 aromatic heterocycles. The van der Waals surface area contributed by atoms with E-state index in [2.05, 4.69) is 10.5 Å². The van der Waals surface area contributed by atoms with Crippen molar-refractivity contribution < 1.29 is 9.90 Å². The van der Waals surface area contributed by atoms with Gasteiger partial charge in [-0.25, -0.2) is 5.43 Å². The summed E-state index contributed by atoms with van der Waals surface area (Å²) in [6, 6.07) is 11.0. The number of hydrazone groups is 1. The van der Waals surface area contributed by atoms with E-state index in [1.165, 1.54) is 24.4 Å². The number of hydrogen-bond acceptors (Lipinski definition) is 3. The van der Waals surface area contributed by atoms with Crippen LogP contribution in [-0.4, -0.2) is 17.2 Å². The molecule has 0 fully saturated rings. The highest BCUT2D eigenvalue weighted by Crippen LogP contribution is 2.22. The molecule has 0 aliphatic carbocycles. The summed E-state index contributed by atoms with van der Waals surface area (Å²) in [5.74, 6) is -0.273. The Morgan fingerprint density at radius 2 is 1.95 bits per heavy atom. The van der Waals surface area contributed by atoms with Gasteiger partial charge in [-0.2, -0.15) is 5.10 Å². The van der Waals surface area contributed by atoms with Gasteiger partial charge < -0.3 is 5.11 Å². The second-order valence-corrected chi connectivity index (χ2v) is 4.74. The fourth-order valence-corrected chi connectivity index (χ4v) is 1.77. The zero-order valence-corrected chi connectivity index (χ0v) is 11.7. The standard InChI is InChI=1S/C14H10Cl2N2O2/c15-12-5-4-10(7-13(12)16)14(20)18-17-8-9-2-1-3-11(19)6-9/h1-8,19H,(H,18,20). The number of nitrogens with one attached hydrogen (secondary N) is 1. The largest absolute Gasteiger partial charge is 0.508 e. The third kappa shape index (κ3) is 3.73. The molecular formula is C14H10Cl2N2O2. The molecule has 2 aromatic rings. The van der Waals surface area contributed by atoms with Crippen molar-refractivity contribution in [2.45, 2.75) is 0 Å². The van der Waals surface area contributed by atoms with Crippen molar-refractivity contribution in [2.75, 3.05) is 0 Å². The number of hydrogen-bond donors (Lipinski definition) is 2. The molecule has 0 spiro atoms. The third-order valence-corrected chi connectivity index (χ3v) is 3.17. The van der Waals surface area contributed by atoms with Gasteiger partial charge in [0.25, 0.3) is 5.91 Å². The van der Waals surface area contributed by atoms with Crippen LogP contribution in [0.3, 0.4) is 0 Å². The van der Waals surface area contributed by atoms with Crippen molar-refractivity contribution in [1.29, 1.82) is 0 Å². The first-order chi connectivity index (χ1) is 9.56. The van der Waals surface area contributed by atoms with Gasteiger partial charge in [-0.3, -0.25) is 4.79 Å². The van der Waals surface area contributed by atoms with Crippen molar-refractivity contribution in [2.24, 2.45) is 5.10 Å². The van der Waals surface area contributed by atoms with E-state index < -0.39 is 5.91 Å². The van der Waals surface area contributed by atoms with Crippen LogP contribution in [0.25, 0.3) is 0 Å². The average Bonchev–Trinajstić information content (AvgIpc) is 2.42. The maximum Gasteiger partial charge on any atom is 0.271 e. The lowest BCUT2D eigenvalue weighted by molar-refractivity contribution is 0.0955. The minimum atomic E-state index is -0.403. The molecule has 0 saturated carbocycles. The lowest BCUT2D eigenvalue weighted by Crippen LogP contribution is -2.17. The quantitative estimate of drug-likeness (QED) is 0.674. The normalized spacial score (nSPS) is 10.7. The second-order valence-electron chi connectivity index (χ2n) is 3.92. The topological polar surface area (TPSA) is 61.7 Å². The maximum atomic E-state index is 11.8. The van der Waals surface area contributed by atoms with Gasteiger partial charge in [0.1, 0.15) is 5.75 Å². The number of benzene rings is 2. The maximum absolute atomic E-state index is 11.8. The smallest absolute Gasteiger partial charge is 0.271 e. The highest BCUT2D eigenvalue weighted by molar-refractivity contribution is 6.42. The zero-order chi connectivity index (χ0) is 14.5. The van der Waals surface area contributed by atoms with Crippen LogP contribution in [0.2, 0.25) is 10.0 Å². The van der Waals surface area contributed by atoms with Crippen LogP contribution in [0.4, 0.5) is 0 Å². The van der Waals surface area contributed by atoms with Gasteiger partial charge in [0, 0.05) is 5.56 Å². The Morgan fingerprint density at radius 3 is 2.65 bits per heavy atom. The zero-order valence-electron chi connectivity index (χ0n) is 10.2. The number of phenolic OH excluding ortho intramolecular Hbond substituents is 1. The molecule has 0 bridgehead atoms. The van der Waals surface area contributed by atoms with E-state index in [0.29, 0.717) is 21.2 Å². The van der Waals surface area contributed by atoms with E-state index in [0.717, 1.165) is 0 Å². The molecule has 1 amide bonds. The van der Waals surface area contributed by atoms with Gasteiger partial charge in [0.15, 0.2) is 0 Å². The van der Waals surface area contributed by atoms with Crippen LogP contribution in [0, 0.1) is 0 Å². The molecule has 6 heteroatoms. The predicted molar refractivity (Wildman–Crippen MR) is 79.6 cm³/mol. The molecule has 2 rings (SSSR count). The molecule has 0 heterocycles. The summed E-state index contributed by atoms with van der Waals surface area (Å²) >= 11 is 11.6. The molecule has 102 valence electrons. The number of halogens is 2. The van der Waals surface area contributed by atoms with Crippen LogP contribution in [0.5, 0.6) is 5.75 Å². The molecule has 0 aliphatic rings. The Morgan fingerprint density at radius 1 is 1.15 bits per heavy atom. The Labute approximate surface area is 125 Å². The third-order valence-electron chi connectivity index (χ3n) is 2.43. The van der Waals surface area contributed by atoms with Crippen LogP contribution in [-0.2, 0) is 0 Å². The number of rotatable bonds is 3. The molecule has 2 aromatic carbocycles. The summed E-state index contributed by atoms with van der Waals surface area (Å²) in [6.45, 7) is 0. The summed E-state index contributed by atoms with van der Waals surface area (Å²) < 4.78 is 0. The molecule has 2 N–H and O–H groups in total. The van der Waals surface area contributed by atoms with Gasteiger partial charge >= 0.3 is 0 Å². The number of phenols is 1. The van der Waals surface area contributed by atoms with E-state index in [4.69, 9.17) is 23.2 Å². The number of nitrogens with zero attached hydrogens (tertiary/aromatic N) is 1. The average molecular weight is 309 g/mol. The minimum Gasteiger partial charge on any atom is -0.508 e. The highest BCUT2D eigenvalue weighted by atomic mass is 35.5. The Kier molecular flexibility index (Phi) is 4.61. The van der Waals surface area contributed by atoms with Crippen LogP contribution >= 0.6 is 23.2 Å². The Hall–Kier alpha value is -2.04. The first-order valence-corrected chi connectivity index (χ1v) is 6.39. The summed E-state index contributed by atoms with van der Waals surface area (Å²) in [6.07, 6.45) is 1.43. The predicted octanol–water partition coefficient (Wildman–Crippen LogP) is 3.46. The summed E-state index contributed by atoms with van der Waals surface area (Å²) in [7, 11) is 0. The fourth-order valence-electron chi connectivity index (χ4n) is 1.47. The summed E-state index contributed by atoms with van der Waals surface area (Å²) in [4.78, 5) is 11.8. The molecule has 0 radical (unpaired) electrons. The van der Waals surface area contributed by atoms with Crippen molar-refractivity contribution in [3.63, 3.8) is 0 Å².